The molecule has 166 valence electrons. The fraction of sp³-hybridized carbons (Fsp3) is 0.227. The maximum Gasteiger partial charge on any atom is 0.225 e. The van der Waals surface area contributed by atoms with Crippen LogP contribution < -0.4 is 5.32 Å². The molecular weight excluding hydrogens is 468 g/mol. The molecule has 0 atom stereocenters. The van der Waals surface area contributed by atoms with E-state index in [1.165, 1.54) is 11.3 Å². The number of aromatic nitrogens is 3. The second-order valence-corrected chi connectivity index (χ2v) is 10.9. The van der Waals surface area contributed by atoms with E-state index in [1.807, 2.05) is 26.0 Å². The molecule has 4 aromatic rings. The van der Waals surface area contributed by atoms with Crippen LogP contribution in [0.25, 0.3) is 15.3 Å². The highest BCUT2D eigenvalue weighted by Crippen LogP contribution is 2.34. The van der Waals surface area contributed by atoms with Crippen LogP contribution in [0.4, 0.5) is 5.82 Å². The number of nitrogens with zero attached hydrogens (tertiary/aromatic N) is 3. The van der Waals surface area contributed by atoms with Crippen LogP contribution in [0.15, 0.2) is 53.4 Å². The third kappa shape index (κ3) is 4.69. The summed E-state index contributed by atoms with van der Waals surface area (Å²) in [6, 6.07) is 13.7. The smallest absolute Gasteiger partial charge is 0.225 e. The number of benzene rings is 2. The molecule has 0 saturated carbocycles. The minimum absolute atomic E-state index is 0.0705. The number of hydrogen-bond acceptors (Lipinski definition) is 6. The Morgan fingerprint density at radius 1 is 1.16 bits per heavy atom. The van der Waals surface area contributed by atoms with Crippen LogP contribution in [0.3, 0.4) is 0 Å². The van der Waals surface area contributed by atoms with E-state index in [4.69, 9.17) is 11.6 Å². The molecule has 7 nitrogen and oxygen atoms in total. The highest BCUT2D eigenvalue weighted by atomic mass is 35.5. The van der Waals surface area contributed by atoms with Crippen molar-refractivity contribution in [2.24, 2.45) is 0 Å². The Morgan fingerprint density at radius 2 is 1.91 bits per heavy atom. The molecule has 1 N–H and O–H groups in total. The normalized spacial score (nSPS) is 11.7. The highest BCUT2D eigenvalue weighted by Gasteiger charge is 2.18. The first-order valence-corrected chi connectivity index (χ1v) is 12.8. The van der Waals surface area contributed by atoms with E-state index in [2.05, 4.69) is 15.4 Å². The van der Waals surface area contributed by atoms with Crippen molar-refractivity contribution >= 4 is 54.7 Å². The van der Waals surface area contributed by atoms with E-state index in [-0.39, 0.29) is 29.4 Å². The number of halogens is 1. The highest BCUT2D eigenvalue weighted by molar-refractivity contribution is 7.91. The fourth-order valence-corrected chi connectivity index (χ4v) is 5.90. The van der Waals surface area contributed by atoms with Crippen molar-refractivity contribution in [1.82, 2.24) is 14.8 Å². The number of aryl methyl sites for hydroxylation is 2. The third-order valence-corrected chi connectivity index (χ3v) is 8.19. The predicted molar refractivity (Wildman–Crippen MR) is 128 cm³/mol. The van der Waals surface area contributed by atoms with E-state index in [0.29, 0.717) is 21.7 Å². The van der Waals surface area contributed by atoms with Gasteiger partial charge < -0.3 is 5.32 Å². The second-order valence-electron chi connectivity index (χ2n) is 7.40. The Hall–Kier alpha value is -2.75. The third-order valence-electron chi connectivity index (χ3n) is 4.89. The molecule has 0 fully saturated rings. The molecule has 0 aliphatic rings. The maximum atomic E-state index is 12.5. The number of sulfone groups is 1. The van der Waals surface area contributed by atoms with Crippen LogP contribution in [-0.4, -0.2) is 34.8 Å². The number of fused-ring (bicyclic) bond motifs is 1. The number of carbonyl (C=O) groups excluding carboxylic acids is 1. The molecule has 2 aromatic carbocycles. The van der Waals surface area contributed by atoms with E-state index >= 15 is 0 Å². The summed E-state index contributed by atoms with van der Waals surface area (Å²) in [6.07, 6.45) is 0.285. The number of hydrogen-bond donors (Lipinski definition) is 1. The number of rotatable bonds is 7. The number of amides is 1. The van der Waals surface area contributed by atoms with Crippen LogP contribution in [0.1, 0.15) is 24.1 Å². The van der Waals surface area contributed by atoms with Gasteiger partial charge in [0.05, 0.1) is 31.6 Å². The van der Waals surface area contributed by atoms with Gasteiger partial charge in [0.2, 0.25) is 11.0 Å². The van der Waals surface area contributed by atoms with E-state index < -0.39 is 9.84 Å². The average Bonchev–Trinajstić information content (AvgIpc) is 3.36. The van der Waals surface area contributed by atoms with Crippen LogP contribution in [0, 0.1) is 13.8 Å². The first kappa shape index (κ1) is 22.4. The van der Waals surface area contributed by atoms with Crippen molar-refractivity contribution in [1.29, 1.82) is 0 Å². The summed E-state index contributed by atoms with van der Waals surface area (Å²) < 4.78 is 27.2. The predicted octanol–water partition coefficient (Wildman–Crippen LogP) is 4.94. The molecular formula is C22H21ClN4O3S2. The van der Waals surface area contributed by atoms with Gasteiger partial charge in [-0.2, -0.15) is 9.78 Å². The van der Waals surface area contributed by atoms with Crippen molar-refractivity contribution in [2.75, 3.05) is 11.1 Å². The zero-order valence-corrected chi connectivity index (χ0v) is 19.9. The van der Waals surface area contributed by atoms with E-state index in [0.717, 1.165) is 15.8 Å². The van der Waals surface area contributed by atoms with Gasteiger partial charge in [0, 0.05) is 12.5 Å². The molecule has 2 heterocycles. The number of carbonyl (C=O) groups is 1. The fourth-order valence-electron chi connectivity index (χ4n) is 3.29. The van der Waals surface area contributed by atoms with Crippen molar-refractivity contribution in [3.8, 4) is 5.13 Å². The molecule has 0 unspecified atom stereocenters. The summed E-state index contributed by atoms with van der Waals surface area (Å²) in [6.45, 7) is 3.78. The van der Waals surface area contributed by atoms with Crippen LogP contribution in [0.2, 0.25) is 5.02 Å². The Labute approximate surface area is 195 Å². The Kier molecular flexibility index (Phi) is 6.32. The number of nitrogens with one attached hydrogen (secondary N) is 1. The Balaban J connectivity index is 1.47. The monoisotopic (exact) mass is 488 g/mol. The number of anilines is 1. The Bertz CT molecular complexity index is 1360. The average molecular weight is 489 g/mol. The molecule has 0 aliphatic carbocycles. The van der Waals surface area contributed by atoms with Crippen molar-refractivity contribution in [3.63, 3.8) is 0 Å². The van der Waals surface area contributed by atoms with Crippen molar-refractivity contribution in [2.45, 2.75) is 31.6 Å². The minimum Gasteiger partial charge on any atom is -0.311 e. The summed E-state index contributed by atoms with van der Waals surface area (Å²) >= 11 is 7.71. The van der Waals surface area contributed by atoms with Gasteiger partial charge in [-0.25, -0.2) is 13.4 Å². The topological polar surface area (TPSA) is 94.0 Å². The van der Waals surface area contributed by atoms with E-state index in [1.54, 1.807) is 41.1 Å². The number of thiazole rings is 1. The quantitative estimate of drug-likeness (QED) is 0.397. The van der Waals surface area contributed by atoms with Gasteiger partial charge in [-0.1, -0.05) is 47.2 Å². The van der Waals surface area contributed by atoms with Crippen LogP contribution >= 0.6 is 22.9 Å². The molecule has 32 heavy (non-hydrogen) atoms. The SMILES string of the molecule is Cc1cc(NC(=O)CCCS(=O)(=O)c2ccccc2)n(-c2nc3c(C)ccc(Cl)c3s2)n1. The van der Waals surface area contributed by atoms with Gasteiger partial charge in [-0.15, -0.1) is 0 Å². The largest absolute Gasteiger partial charge is 0.311 e. The summed E-state index contributed by atoms with van der Waals surface area (Å²) in [4.78, 5) is 17.4. The van der Waals surface area contributed by atoms with E-state index in [9.17, 15) is 13.2 Å². The molecule has 4 rings (SSSR count). The Morgan fingerprint density at radius 3 is 2.62 bits per heavy atom. The van der Waals surface area contributed by atoms with Gasteiger partial charge in [0.15, 0.2) is 9.84 Å². The van der Waals surface area contributed by atoms with Gasteiger partial charge in [0.1, 0.15) is 5.82 Å². The second kappa shape index (κ2) is 9.01. The van der Waals surface area contributed by atoms with Gasteiger partial charge >= 0.3 is 0 Å². The molecule has 0 aliphatic heterocycles. The van der Waals surface area contributed by atoms with Gasteiger partial charge in [-0.3, -0.25) is 4.79 Å². The molecule has 0 radical (unpaired) electrons. The van der Waals surface area contributed by atoms with Crippen molar-refractivity contribution < 1.29 is 13.2 Å². The maximum absolute atomic E-state index is 12.5. The standard InChI is InChI=1S/C22H21ClN4O3S2/c1-14-10-11-17(23)21-20(14)25-22(31-21)27-18(13-15(2)26-27)24-19(28)9-6-12-32(29,30)16-7-4-3-5-8-16/h3-5,7-8,10-11,13H,6,9,12H2,1-2H3,(H,24,28). The van der Waals surface area contributed by atoms with Crippen LogP contribution in [-0.2, 0) is 14.6 Å². The molecule has 2 aromatic heterocycles. The molecule has 0 bridgehead atoms. The summed E-state index contributed by atoms with van der Waals surface area (Å²) in [7, 11) is -3.42. The van der Waals surface area contributed by atoms with Gasteiger partial charge in [0.25, 0.3) is 0 Å². The van der Waals surface area contributed by atoms with Crippen LogP contribution in [0.5, 0.6) is 0 Å². The molecule has 10 heteroatoms. The molecule has 0 spiro atoms. The lowest BCUT2D eigenvalue weighted by Gasteiger charge is -2.07. The summed E-state index contributed by atoms with van der Waals surface area (Å²) in [5.41, 5.74) is 2.52. The lowest BCUT2D eigenvalue weighted by Crippen LogP contribution is -2.16. The first-order valence-electron chi connectivity index (χ1n) is 9.95. The first-order chi connectivity index (χ1) is 15.2. The lowest BCUT2D eigenvalue weighted by molar-refractivity contribution is -0.116. The van der Waals surface area contributed by atoms with Crippen molar-refractivity contribution in [3.05, 3.63) is 64.8 Å². The zero-order chi connectivity index (χ0) is 22.9. The minimum atomic E-state index is -3.42. The summed E-state index contributed by atoms with van der Waals surface area (Å²) in [5.74, 6) is 0.0919. The lowest BCUT2D eigenvalue weighted by atomic mass is 10.2. The van der Waals surface area contributed by atoms with Gasteiger partial charge in [-0.05, 0) is 44.0 Å². The summed E-state index contributed by atoms with van der Waals surface area (Å²) in [5, 5.41) is 8.49. The molecule has 0 saturated heterocycles. The molecule has 1 amide bonds. The zero-order valence-electron chi connectivity index (χ0n) is 17.5.